The van der Waals surface area contributed by atoms with Crippen molar-refractivity contribution in [1.82, 2.24) is 24.3 Å². The minimum absolute atomic E-state index is 0.189. The molecule has 0 aromatic carbocycles. The molecule has 0 radical (unpaired) electrons. The fraction of sp³-hybridized carbons (Fsp3) is 0.294. The summed E-state index contributed by atoms with van der Waals surface area (Å²) in [7, 11) is 0. The van der Waals surface area contributed by atoms with E-state index in [9.17, 15) is 9.90 Å². The van der Waals surface area contributed by atoms with Crippen LogP contribution in [-0.2, 0) is 13.0 Å². The molecule has 0 aliphatic heterocycles. The van der Waals surface area contributed by atoms with Crippen LogP contribution >= 0.6 is 11.8 Å². The van der Waals surface area contributed by atoms with Crippen LogP contribution in [0, 0.1) is 0 Å². The molecule has 25 heavy (non-hydrogen) atoms. The Bertz CT molecular complexity index is 1040. The maximum atomic E-state index is 12.7. The van der Waals surface area contributed by atoms with Crippen molar-refractivity contribution < 1.29 is 5.11 Å². The molecule has 1 aliphatic rings. The molecular weight excluding hydrogens is 338 g/mol. The van der Waals surface area contributed by atoms with Crippen LogP contribution in [-0.4, -0.2) is 35.7 Å². The van der Waals surface area contributed by atoms with Gasteiger partial charge in [-0.25, -0.2) is 24.3 Å². The molecule has 1 atom stereocenters. The van der Waals surface area contributed by atoms with Crippen LogP contribution < -0.4 is 5.56 Å². The van der Waals surface area contributed by atoms with Gasteiger partial charge in [-0.1, -0.05) is 23.9 Å². The lowest BCUT2D eigenvalue weighted by Gasteiger charge is -2.12. The van der Waals surface area contributed by atoms with E-state index >= 15 is 0 Å². The van der Waals surface area contributed by atoms with Gasteiger partial charge in [-0.15, -0.1) is 6.58 Å². The van der Waals surface area contributed by atoms with Crippen LogP contribution in [0.1, 0.15) is 23.8 Å². The third-order valence-corrected chi connectivity index (χ3v) is 4.92. The third kappa shape index (κ3) is 2.49. The Morgan fingerprint density at radius 1 is 1.44 bits per heavy atom. The van der Waals surface area contributed by atoms with E-state index in [0.29, 0.717) is 40.7 Å². The number of rotatable bonds is 4. The van der Waals surface area contributed by atoms with Gasteiger partial charge < -0.3 is 5.11 Å². The molecule has 0 amide bonds. The molecule has 1 N–H and O–H groups in total. The van der Waals surface area contributed by atoms with Crippen molar-refractivity contribution in [3.05, 3.63) is 52.6 Å². The van der Waals surface area contributed by atoms with Gasteiger partial charge in [0.25, 0.3) is 5.56 Å². The summed E-state index contributed by atoms with van der Waals surface area (Å²) in [5.74, 6) is 0.555. The SMILES string of the molecule is C=CCn1c(=O)c2cnc(SC)nc2n1-c1ccc2c(n1)C(O)CC2. The van der Waals surface area contributed by atoms with Crippen LogP contribution in [0.2, 0.25) is 0 Å². The number of fused-ring (bicyclic) bond motifs is 2. The number of aryl methyl sites for hydroxylation is 1. The first-order valence-electron chi connectivity index (χ1n) is 7.95. The van der Waals surface area contributed by atoms with Crippen molar-refractivity contribution in [2.24, 2.45) is 0 Å². The number of aliphatic hydroxyl groups is 1. The van der Waals surface area contributed by atoms with Crippen LogP contribution in [0.5, 0.6) is 0 Å². The Balaban J connectivity index is 2.02. The molecule has 8 heteroatoms. The van der Waals surface area contributed by atoms with Crippen molar-refractivity contribution in [2.75, 3.05) is 6.26 Å². The summed E-state index contributed by atoms with van der Waals surface area (Å²) >= 11 is 1.41. The number of thioether (sulfide) groups is 1. The number of aromatic nitrogens is 5. The molecule has 4 rings (SSSR count). The highest BCUT2D eigenvalue weighted by Crippen LogP contribution is 2.30. The highest BCUT2D eigenvalue weighted by atomic mass is 32.2. The van der Waals surface area contributed by atoms with Gasteiger partial charge in [-0.3, -0.25) is 4.79 Å². The first-order chi connectivity index (χ1) is 12.1. The molecule has 0 spiro atoms. The zero-order valence-electron chi connectivity index (χ0n) is 13.7. The molecule has 3 heterocycles. The summed E-state index contributed by atoms with van der Waals surface area (Å²) in [5, 5.41) is 11.2. The van der Waals surface area contributed by atoms with Gasteiger partial charge >= 0.3 is 0 Å². The predicted octanol–water partition coefficient (Wildman–Crippen LogP) is 1.86. The van der Waals surface area contributed by atoms with Crippen molar-refractivity contribution in [3.8, 4) is 5.82 Å². The summed E-state index contributed by atoms with van der Waals surface area (Å²) in [6.45, 7) is 4.06. The monoisotopic (exact) mass is 355 g/mol. The fourth-order valence-corrected chi connectivity index (χ4v) is 3.51. The summed E-state index contributed by atoms with van der Waals surface area (Å²) in [6.07, 6.45) is 6.02. The number of allylic oxidation sites excluding steroid dienone is 1. The van der Waals surface area contributed by atoms with Crippen molar-refractivity contribution in [1.29, 1.82) is 0 Å². The zero-order valence-corrected chi connectivity index (χ0v) is 14.5. The Morgan fingerprint density at radius 3 is 3.04 bits per heavy atom. The van der Waals surface area contributed by atoms with E-state index in [0.717, 1.165) is 12.0 Å². The molecule has 7 nitrogen and oxygen atoms in total. The summed E-state index contributed by atoms with van der Waals surface area (Å²) in [5.41, 5.74) is 2.04. The normalized spacial score (nSPS) is 16.3. The Hall–Kier alpha value is -2.45. The van der Waals surface area contributed by atoms with Crippen molar-refractivity contribution in [2.45, 2.75) is 30.6 Å². The van der Waals surface area contributed by atoms with Gasteiger partial charge in [0.2, 0.25) is 0 Å². The average Bonchev–Trinajstić information content (AvgIpc) is 3.13. The zero-order chi connectivity index (χ0) is 17.6. The lowest BCUT2D eigenvalue weighted by atomic mass is 10.2. The topological polar surface area (TPSA) is 85.8 Å². The van der Waals surface area contributed by atoms with Crippen LogP contribution in [0.4, 0.5) is 0 Å². The van der Waals surface area contributed by atoms with Gasteiger partial charge in [0, 0.05) is 6.20 Å². The number of aliphatic hydroxyl groups excluding tert-OH is 1. The first kappa shape index (κ1) is 16.0. The molecular formula is C17H17N5O2S. The standard InChI is InChI=1S/C17H17N5O2S/c1-3-8-21-16(24)11-9-18-17(25-2)20-15(11)22(21)13-7-5-10-4-6-12(23)14(10)19-13/h3,5,7,9,12,23H,1,4,6,8H2,2H3. The summed E-state index contributed by atoms with van der Waals surface area (Å²) in [4.78, 5) is 26.1. The van der Waals surface area contributed by atoms with E-state index in [1.54, 1.807) is 17.0 Å². The third-order valence-electron chi connectivity index (χ3n) is 4.36. The summed E-state index contributed by atoms with van der Waals surface area (Å²) in [6, 6.07) is 3.81. The Labute approximate surface area is 148 Å². The molecule has 1 unspecified atom stereocenters. The molecule has 0 saturated carbocycles. The van der Waals surface area contributed by atoms with Gasteiger partial charge in [0.15, 0.2) is 16.6 Å². The second-order valence-electron chi connectivity index (χ2n) is 5.85. The number of nitrogens with zero attached hydrogens (tertiary/aromatic N) is 5. The largest absolute Gasteiger partial charge is 0.387 e. The molecule has 128 valence electrons. The van der Waals surface area contributed by atoms with Crippen LogP contribution in [0.3, 0.4) is 0 Å². The smallest absolute Gasteiger partial charge is 0.278 e. The van der Waals surface area contributed by atoms with E-state index in [2.05, 4.69) is 21.5 Å². The highest BCUT2D eigenvalue weighted by Gasteiger charge is 2.24. The second-order valence-corrected chi connectivity index (χ2v) is 6.62. The number of pyridine rings is 1. The molecule has 3 aromatic heterocycles. The Morgan fingerprint density at radius 2 is 2.28 bits per heavy atom. The van der Waals surface area contributed by atoms with Gasteiger partial charge in [-0.2, -0.15) is 0 Å². The lowest BCUT2D eigenvalue weighted by Crippen LogP contribution is -2.22. The Kier molecular flexibility index (Phi) is 3.93. The van der Waals surface area contributed by atoms with Gasteiger partial charge in [0.1, 0.15) is 5.39 Å². The minimum Gasteiger partial charge on any atom is -0.387 e. The van der Waals surface area contributed by atoms with E-state index in [-0.39, 0.29) is 5.56 Å². The molecule has 0 fully saturated rings. The molecule has 0 bridgehead atoms. The van der Waals surface area contributed by atoms with E-state index in [4.69, 9.17) is 0 Å². The van der Waals surface area contributed by atoms with E-state index in [1.165, 1.54) is 16.4 Å². The van der Waals surface area contributed by atoms with Crippen molar-refractivity contribution >= 4 is 22.8 Å². The number of hydrogen-bond acceptors (Lipinski definition) is 6. The van der Waals surface area contributed by atoms with E-state index < -0.39 is 6.10 Å². The predicted molar refractivity (Wildman–Crippen MR) is 96.2 cm³/mol. The lowest BCUT2D eigenvalue weighted by molar-refractivity contribution is 0.175. The molecule has 0 saturated heterocycles. The van der Waals surface area contributed by atoms with Crippen LogP contribution in [0.25, 0.3) is 16.9 Å². The first-order valence-corrected chi connectivity index (χ1v) is 9.18. The van der Waals surface area contributed by atoms with Crippen LogP contribution in [0.15, 0.2) is 40.9 Å². The molecule has 1 aliphatic carbocycles. The molecule has 3 aromatic rings. The van der Waals surface area contributed by atoms with Crippen molar-refractivity contribution in [3.63, 3.8) is 0 Å². The van der Waals surface area contributed by atoms with E-state index in [1.807, 2.05) is 18.4 Å². The fourth-order valence-electron chi connectivity index (χ4n) is 3.17. The number of hydrogen-bond donors (Lipinski definition) is 1. The second kappa shape index (κ2) is 6.12. The highest BCUT2D eigenvalue weighted by molar-refractivity contribution is 7.98. The quantitative estimate of drug-likeness (QED) is 0.437. The summed E-state index contributed by atoms with van der Waals surface area (Å²) < 4.78 is 3.22. The van der Waals surface area contributed by atoms with Gasteiger partial charge in [0.05, 0.1) is 18.3 Å². The minimum atomic E-state index is -0.562. The van der Waals surface area contributed by atoms with Gasteiger partial charge in [-0.05, 0) is 30.7 Å². The average molecular weight is 355 g/mol. The maximum absolute atomic E-state index is 12.7. The maximum Gasteiger partial charge on any atom is 0.278 e.